The van der Waals surface area contributed by atoms with Gasteiger partial charge in [-0.2, -0.15) is 0 Å². The molecule has 1 saturated heterocycles. The molecule has 0 aromatic heterocycles. The molecular formula is C21H28N4O. The molecule has 0 atom stereocenters. The third-order valence-corrected chi connectivity index (χ3v) is 4.93. The second-order valence-corrected chi connectivity index (χ2v) is 6.87. The van der Waals surface area contributed by atoms with Gasteiger partial charge >= 0.3 is 0 Å². The molecule has 0 bridgehead atoms. The van der Waals surface area contributed by atoms with Crippen molar-refractivity contribution < 1.29 is 4.79 Å². The first-order chi connectivity index (χ1) is 12.6. The number of anilines is 3. The van der Waals surface area contributed by atoms with E-state index in [0.717, 1.165) is 44.1 Å². The van der Waals surface area contributed by atoms with E-state index in [1.54, 1.807) is 0 Å². The van der Waals surface area contributed by atoms with Crippen molar-refractivity contribution in [1.82, 2.24) is 4.90 Å². The lowest BCUT2D eigenvalue weighted by Crippen LogP contribution is -2.46. The van der Waals surface area contributed by atoms with Gasteiger partial charge in [0.1, 0.15) is 0 Å². The Hall–Kier alpha value is -2.53. The third kappa shape index (κ3) is 4.35. The summed E-state index contributed by atoms with van der Waals surface area (Å²) in [7, 11) is 3.94. The molecule has 2 aromatic carbocycles. The van der Waals surface area contributed by atoms with E-state index in [9.17, 15) is 4.79 Å². The number of amides is 1. The maximum Gasteiger partial charge on any atom is 0.255 e. The van der Waals surface area contributed by atoms with Crippen molar-refractivity contribution in [2.45, 2.75) is 6.92 Å². The van der Waals surface area contributed by atoms with Crippen molar-refractivity contribution in [1.29, 1.82) is 0 Å². The van der Waals surface area contributed by atoms with E-state index in [-0.39, 0.29) is 5.91 Å². The smallest absolute Gasteiger partial charge is 0.255 e. The van der Waals surface area contributed by atoms with Crippen LogP contribution < -0.4 is 15.1 Å². The zero-order chi connectivity index (χ0) is 18.5. The van der Waals surface area contributed by atoms with Crippen LogP contribution in [0.15, 0.2) is 48.5 Å². The second-order valence-electron chi connectivity index (χ2n) is 6.87. The van der Waals surface area contributed by atoms with Gasteiger partial charge in [-0.05, 0) is 49.0 Å². The molecule has 0 unspecified atom stereocenters. The van der Waals surface area contributed by atoms with E-state index >= 15 is 0 Å². The van der Waals surface area contributed by atoms with Gasteiger partial charge in [-0.1, -0.05) is 13.0 Å². The van der Waals surface area contributed by atoms with Crippen LogP contribution >= 0.6 is 0 Å². The number of nitrogens with zero attached hydrogens (tertiary/aromatic N) is 3. The number of rotatable bonds is 5. The fraction of sp³-hybridized carbons (Fsp3) is 0.381. The van der Waals surface area contributed by atoms with Crippen molar-refractivity contribution in [2.24, 2.45) is 0 Å². The third-order valence-electron chi connectivity index (χ3n) is 4.93. The Balaban J connectivity index is 1.62. The summed E-state index contributed by atoms with van der Waals surface area (Å²) >= 11 is 0. The first-order valence-corrected chi connectivity index (χ1v) is 9.23. The molecule has 0 saturated carbocycles. The van der Waals surface area contributed by atoms with Crippen molar-refractivity contribution in [3.63, 3.8) is 0 Å². The first kappa shape index (κ1) is 18.3. The Bertz CT molecular complexity index is 734. The predicted octanol–water partition coefficient (Wildman–Crippen LogP) is 3.15. The number of likely N-dealkylation sites (N-methyl/N-ethyl adjacent to an activating group) is 1. The summed E-state index contributed by atoms with van der Waals surface area (Å²) < 4.78 is 0. The lowest BCUT2D eigenvalue weighted by Gasteiger charge is -2.35. The largest absolute Gasteiger partial charge is 0.378 e. The topological polar surface area (TPSA) is 38.8 Å². The molecule has 1 N–H and O–H groups in total. The highest BCUT2D eigenvalue weighted by Crippen LogP contribution is 2.20. The molecule has 0 aliphatic carbocycles. The molecule has 1 aliphatic rings. The van der Waals surface area contributed by atoms with Crippen LogP contribution in [-0.4, -0.2) is 57.6 Å². The Labute approximate surface area is 156 Å². The summed E-state index contributed by atoms with van der Waals surface area (Å²) in [6.45, 7) is 7.65. The minimum Gasteiger partial charge on any atom is -0.378 e. The molecule has 0 spiro atoms. The number of carbonyl (C=O) groups excluding carboxylic acids is 1. The molecule has 5 nitrogen and oxygen atoms in total. The van der Waals surface area contributed by atoms with Gasteiger partial charge in [-0.15, -0.1) is 0 Å². The van der Waals surface area contributed by atoms with Gasteiger partial charge in [-0.3, -0.25) is 4.79 Å². The van der Waals surface area contributed by atoms with E-state index in [4.69, 9.17) is 0 Å². The molecule has 1 amide bonds. The van der Waals surface area contributed by atoms with Crippen LogP contribution in [0.2, 0.25) is 0 Å². The second kappa shape index (κ2) is 8.23. The molecule has 0 radical (unpaired) electrons. The highest BCUT2D eigenvalue weighted by Gasteiger charge is 2.16. The van der Waals surface area contributed by atoms with E-state index < -0.39 is 0 Å². The minimum atomic E-state index is -0.0852. The van der Waals surface area contributed by atoms with Crippen molar-refractivity contribution in [3.8, 4) is 0 Å². The van der Waals surface area contributed by atoms with Crippen molar-refractivity contribution in [3.05, 3.63) is 54.1 Å². The van der Waals surface area contributed by atoms with Gasteiger partial charge in [-0.25, -0.2) is 0 Å². The lowest BCUT2D eigenvalue weighted by molar-refractivity contribution is 0.102. The normalized spacial score (nSPS) is 15.0. The number of piperazine rings is 1. The molecule has 2 aromatic rings. The number of nitrogens with one attached hydrogen (secondary N) is 1. The first-order valence-electron chi connectivity index (χ1n) is 9.23. The Morgan fingerprint density at radius 3 is 2.35 bits per heavy atom. The Morgan fingerprint density at radius 2 is 1.73 bits per heavy atom. The van der Waals surface area contributed by atoms with Crippen LogP contribution in [0.25, 0.3) is 0 Å². The standard InChI is InChI=1S/C21H28N4O/c1-4-24-12-14-25(15-13-24)19-10-8-18(9-11-19)22-21(26)17-6-5-7-20(16-17)23(2)3/h5-11,16H,4,12-15H2,1-3H3,(H,22,26). The summed E-state index contributed by atoms with van der Waals surface area (Å²) in [5.41, 5.74) is 3.71. The Morgan fingerprint density at radius 1 is 1.04 bits per heavy atom. The highest BCUT2D eigenvalue weighted by atomic mass is 16.1. The average Bonchev–Trinajstić information content (AvgIpc) is 2.68. The molecule has 3 rings (SSSR count). The van der Waals surface area contributed by atoms with E-state index in [1.165, 1.54) is 5.69 Å². The SMILES string of the molecule is CCN1CCN(c2ccc(NC(=O)c3cccc(N(C)C)c3)cc2)CC1. The van der Waals surface area contributed by atoms with Gasteiger partial charge < -0.3 is 20.0 Å². The number of hydrogen-bond acceptors (Lipinski definition) is 4. The fourth-order valence-corrected chi connectivity index (χ4v) is 3.21. The minimum absolute atomic E-state index is 0.0852. The van der Waals surface area contributed by atoms with Gasteiger partial charge in [0.05, 0.1) is 0 Å². The van der Waals surface area contributed by atoms with Crippen LogP contribution in [0.3, 0.4) is 0 Å². The highest BCUT2D eigenvalue weighted by molar-refractivity contribution is 6.04. The lowest BCUT2D eigenvalue weighted by atomic mass is 10.1. The molecular weight excluding hydrogens is 324 g/mol. The van der Waals surface area contributed by atoms with Crippen molar-refractivity contribution >= 4 is 23.0 Å². The fourth-order valence-electron chi connectivity index (χ4n) is 3.21. The summed E-state index contributed by atoms with van der Waals surface area (Å²) in [5.74, 6) is -0.0852. The zero-order valence-corrected chi connectivity index (χ0v) is 15.9. The number of benzene rings is 2. The van der Waals surface area contributed by atoms with Gasteiger partial charge in [0.15, 0.2) is 0 Å². The summed E-state index contributed by atoms with van der Waals surface area (Å²) in [6.07, 6.45) is 0. The van der Waals surface area contributed by atoms with Crippen LogP contribution in [0, 0.1) is 0 Å². The summed E-state index contributed by atoms with van der Waals surface area (Å²) in [4.78, 5) is 19.4. The maximum absolute atomic E-state index is 12.5. The maximum atomic E-state index is 12.5. The zero-order valence-electron chi connectivity index (χ0n) is 15.9. The number of carbonyl (C=O) groups is 1. The quantitative estimate of drug-likeness (QED) is 0.897. The van der Waals surface area contributed by atoms with E-state index in [0.29, 0.717) is 5.56 Å². The van der Waals surface area contributed by atoms with E-state index in [1.807, 2.05) is 55.4 Å². The van der Waals surface area contributed by atoms with Crippen LogP contribution in [-0.2, 0) is 0 Å². The van der Waals surface area contributed by atoms with Gasteiger partial charge in [0, 0.05) is 62.9 Å². The molecule has 138 valence electrons. The van der Waals surface area contributed by atoms with Crippen LogP contribution in [0.5, 0.6) is 0 Å². The van der Waals surface area contributed by atoms with E-state index in [2.05, 4.69) is 34.2 Å². The van der Waals surface area contributed by atoms with Crippen LogP contribution in [0.1, 0.15) is 17.3 Å². The molecule has 1 aliphatic heterocycles. The molecule has 1 fully saturated rings. The summed E-state index contributed by atoms with van der Waals surface area (Å²) in [5, 5.41) is 2.99. The monoisotopic (exact) mass is 352 g/mol. The average molecular weight is 352 g/mol. The van der Waals surface area contributed by atoms with Crippen LogP contribution in [0.4, 0.5) is 17.1 Å². The molecule has 5 heteroatoms. The number of hydrogen-bond donors (Lipinski definition) is 1. The summed E-state index contributed by atoms with van der Waals surface area (Å²) in [6, 6.07) is 15.8. The molecule has 1 heterocycles. The predicted molar refractivity (Wildman–Crippen MR) is 109 cm³/mol. The molecule has 26 heavy (non-hydrogen) atoms. The van der Waals surface area contributed by atoms with Gasteiger partial charge in [0.2, 0.25) is 0 Å². The van der Waals surface area contributed by atoms with Crippen molar-refractivity contribution in [2.75, 3.05) is 61.9 Å². The Kier molecular flexibility index (Phi) is 5.78. The van der Waals surface area contributed by atoms with Gasteiger partial charge in [0.25, 0.3) is 5.91 Å².